The molecule has 2 amide bonds. The van der Waals surface area contributed by atoms with Crippen LogP contribution >= 0.6 is 11.3 Å². The lowest BCUT2D eigenvalue weighted by atomic mass is 9.89. The summed E-state index contributed by atoms with van der Waals surface area (Å²) >= 11 is 1.66. The van der Waals surface area contributed by atoms with Crippen LogP contribution < -0.4 is 5.32 Å². The Labute approximate surface area is 129 Å². The number of carboxylic acids is 1. The molecule has 1 fully saturated rings. The van der Waals surface area contributed by atoms with Crippen LogP contribution in [0.3, 0.4) is 0 Å². The van der Waals surface area contributed by atoms with Crippen LogP contribution in [0.25, 0.3) is 0 Å². The van der Waals surface area contributed by atoms with Crippen LogP contribution in [0.4, 0.5) is 4.79 Å². The average molecular weight is 310 g/mol. The minimum Gasteiger partial charge on any atom is -0.480 e. The van der Waals surface area contributed by atoms with Crippen LogP contribution in [-0.2, 0) is 11.2 Å². The Morgan fingerprint density at radius 1 is 1.52 bits per heavy atom. The molecule has 2 unspecified atom stereocenters. The van der Waals surface area contributed by atoms with E-state index in [4.69, 9.17) is 0 Å². The second-order valence-corrected chi connectivity index (χ2v) is 6.85. The van der Waals surface area contributed by atoms with Gasteiger partial charge in [-0.2, -0.15) is 0 Å². The van der Waals surface area contributed by atoms with E-state index in [-0.39, 0.29) is 12.1 Å². The topological polar surface area (TPSA) is 69.6 Å². The van der Waals surface area contributed by atoms with Gasteiger partial charge in [0.05, 0.1) is 0 Å². The molecule has 2 atom stereocenters. The summed E-state index contributed by atoms with van der Waals surface area (Å²) in [6, 6.07) is 3.73. The Bertz CT molecular complexity index is 503. The highest BCUT2D eigenvalue weighted by atomic mass is 32.1. The van der Waals surface area contributed by atoms with Crippen molar-refractivity contribution < 1.29 is 14.7 Å². The van der Waals surface area contributed by atoms with Crippen molar-refractivity contribution in [1.82, 2.24) is 10.2 Å². The van der Waals surface area contributed by atoms with Crippen LogP contribution in [0.15, 0.2) is 17.5 Å². The van der Waals surface area contributed by atoms with Gasteiger partial charge in [0, 0.05) is 23.9 Å². The van der Waals surface area contributed by atoms with Crippen molar-refractivity contribution in [3.8, 4) is 0 Å². The highest BCUT2D eigenvalue weighted by Gasteiger charge is 2.44. The molecule has 0 aromatic carbocycles. The van der Waals surface area contributed by atoms with Crippen molar-refractivity contribution >= 4 is 23.3 Å². The number of piperidine rings is 1. The van der Waals surface area contributed by atoms with E-state index in [1.54, 1.807) is 18.3 Å². The van der Waals surface area contributed by atoms with E-state index in [0.29, 0.717) is 13.0 Å². The first-order chi connectivity index (χ1) is 9.93. The molecule has 1 saturated heterocycles. The normalized spacial score (nSPS) is 23.6. The number of aliphatic carboxylic acids is 1. The van der Waals surface area contributed by atoms with Crippen LogP contribution in [0, 0.1) is 0 Å². The summed E-state index contributed by atoms with van der Waals surface area (Å²) < 4.78 is 0. The summed E-state index contributed by atoms with van der Waals surface area (Å²) in [4.78, 5) is 26.6. The fraction of sp³-hybridized carbons (Fsp3) is 0.600. The number of nitrogens with zero attached hydrogens (tertiary/aromatic N) is 1. The van der Waals surface area contributed by atoms with E-state index in [2.05, 4.69) is 5.32 Å². The number of hydrogen-bond donors (Lipinski definition) is 2. The van der Waals surface area contributed by atoms with Gasteiger partial charge in [-0.25, -0.2) is 9.59 Å². The minimum absolute atomic E-state index is 0.0175. The second-order valence-electron chi connectivity index (χ2n) is 5.82. The molecule has 5 nitrogen and oxygen atoms in total. The predicted octanol–water partition coefficient (Wildman–Crippen LogP) is 2.72. The molecular formula is C15H22N2O3S. The fourth-order valence-electron chi connectivity index (χ4n) is 2.74. The lowest BCUT2D eigenvalue weighted by Crippen LogP contribution is -2.60. The van der Waals surface area contributed by atoms with Crippen molar-refractivity contribution in [1.29, 1.82) is 0 Å². The Morgan fingerprint density at radius 3 is 2.90 bits per heavy atom. The van der Waals surface area contributed by atoms with Gasteiger partial charge in [-0.3, -0.25) is 0 Å². The van der Waals surface area contributed by atoms with Crippen LogP contribution in [0.2, 0.25) is 0 Å². The van der Waals surface area contributed by atoms with Gasteiger partial charge in [-0.15, -0.1) is 11.3 Å². The Hall–Kier alpha value is -1.56. The number of likely N-dealkylation sites (tertiary alicyclic amines) is 1. The Balaban J connectivity index is 1.99. The molecule has 0 spiro atoms. The smallest absolute Gasteiger partial charge is 0.329 e. The zero-order valence-corrected chi connectivity index (χ0v) is 13.3. The molecule has 1 aromatic rings. The molecule has 1 aliphatic heterocycles. The van der Waals surface area contributed by atoms with Crippen molar-refractivity contribution in [2.45, 2.75) is 51.1 Å². The molecule has 0 radical (unpaired) electrons. The van der Waals surface area contributed by atoms with E-state index in [0.717, 1.165) is 19.3 Å². The van der Waals surface area contributed by atoms with Gasteiger partial charge in [0.1, 0.15) is 5.54 Å². The summed E-state index contributed by atoms with van der Waals surface area (Å²) in [6.07, 6.45) is 2.98. The summed E-state index contributed by atoms with van der Waals surface area (Å²) in [5, 5.41) is 14.4. The Kier molecular flexibility index (Phi) is 4.88. The largest absolute Gasteiger partial charge is 0.480 e. The van der Waals surface area contributed by atoms with Crippen LogP contribution in [0.5, 0.6) is 0 Å². The quantitative estimate of drug-likeness (QED) is 0.898. The molecule has 0 aliphatic carbocycles. The molecule has 2 N–H and O–H groups in total. The van der Waals surface area contributed by atoms with Crippen LogP contribution in [0.1, 0.15) is 38.0 Å². The summed E-state index contributed by atoms with van der Waals surface area (Å²) in [6.45, 7) is 4.08. The maximum Gasteiger partial charge on any atom is 0.329 e. The van der Waals surface area contributed by atoms with Gasteiger partial charge in [-0.05, 0) is 44.6 Å². The second kappa shape index (κ2) is 6.47. The first-order valence-corrected chi connectivity index (χ1v) is 8.15. The number of hydrogen-bond acceptors (Lipinski definition) is 3. The summed E-state index contributed by atoms with van der Waals surface area (Å²) in [7, 11) is 0. The maximum absolute atomic E-state index is 12.4. The van der Waals surface area contributed by atoms with E-state index >= 15 is 0 Å². The maximum atomic E-state index is 12.4. The van der Waals surface area contributed by atoms with E-state index in [9.17, 15) is 14.7 Å². The van der Waals surface area contributed by atoms with Crippen molar-refractivity contribution in [3.05, 3.63) is 22.4 Å². The number of nitrogens with one attached hydrogen (secondary N) is 1. The number of amides is 2. The van der Waals surface area contributed by atoms with E-state index in [1.807, 2.05) is 24.4 Å². The van der Waals surface area contributed by atoms with Gasteiger partial charge >= 0.3 is 12.0 Å². The molecule has 2 rings (SSSR count). The zero-order valence-electron chi connectivity index (χ0n) is 12.5. The highest BCUT2D eigenvalue weighted by molar-refractivity contribution is 7.09. The van der Waals surface area contributed by atoms with Crippen molar-refractivity contribution in [2.24, 2.45) is 0 Å². The number of carbonyl (C=O) groups excluding carboxylic acids is 1. The molecule has 0 bridgehead atoms. The molecule has 0 saturated carbocycles. The molecule has 6 heteroatoms. The summed E-state index contributed by atoms with van der Waals surface area (Å²) in [5.74, 6) is -0.928. The van der Waals surface area contributed by atoms with Gasteiger partial charge in [0.15, 0.2) is 0 Å². The lowest BCUT2D eigenvalue weighted by molar-refractivity contribution is -0.150. The van der Waals surface area contributed by atoms with Gasteiger partial charge in [0.2, 0.25) is 0 Å². The third kappa shape index (κ3) is 3.56. The van der Waals surface area contributed by atoms with Crippen molar-refractivity contribution in [2.75, 3.05) is 6.54 Å². The molecule has 21 heavy (non-hydrogen) atoms. The lowest BCUT2D eigenvalue weighted by Gasteiger charge is -2.41. The van der Waals surface area contributed by atoms with Gasteiger partial charge in [0.25, 0.3) is 0 Å². The van der Waals surface area contributed by atoms with Crippen LogP contribution in [-0.4, -0.2) is 40.1 Å². The minimum atomic E-state index is -1.09. The van der Waals surface area contributed by atoms with Gasteiger partial charge in [-0.1, -0.05) is 6.07 Å². The monoisotopic (exact) mass is 310 g/mol. The number of urea groups is 1. The summed E-state index contributed by atoms with van der Waals surface area (Å²) in [5.41, 5.74) is -1.09. The molecule has 2 heterocycles. The first-order valence-electron chi connectivity index (χ1n) is 7.27. The third-order valence-electron chi connectivity index (χ3n) is 4.05. The molecule has 1 aliphatic rings. The average Bonchev–Trinajstić information content (AvgIpc) is 2.91. The SMILES string of the molecule is CC(Cc1cccs1)NC(=O)N1CCCCC1(C)C(=O)O. The fourth-order valence-corrected chi connectivity index (χ4v) is 3.57. The van der Waals surface area contributed by atoms with Crippen molar-refractivity contribution in [3.63, 3.8) is 0 Å². The van der Waals surface area contributed by atoms with Gasteiger partial charge < -0.3 is 15.3 Å². The molecule has 116 valence electrons. The predicted molar refractivity (Wildman–Crippen MR) is 82.6 cm³/mol. The first kappa shape index (κ1) is 15.8. The highest BCUT2D eigenvalue weighted by Crippen LogP contribution is 2.28. The Morgan fingerprint density at radius 2 is 2.29 bits per heavy atom. The van der Waals surface area contributed by atoms with E-state index in [1.165, 1.54) is 9.78 Å². The third-order valence-corrected chi connectivity index (χ3v) is 4.95. The molecular weight excluding hydrogens is 288 g/mol. The number of rotatable bonds is 4. The zero-order chi connectivity index (χ0) is 15.5. The standard InChI is InChI=1S/C15H22N2O3S/c1-11(10-12-6-5-9-21-12)16-14(20)17-8-4-3-7-15(17,2)13(18)19/h5-6,9,11H,3-4,7-8,10H2,1-2H3,(H,16,20)(H,18,19). The van der Waals surface area contributed by atoms with E-state index < -0.39 is 11.5 Å². The molecule has 1 aromatic heterocycles. The number of carbonyl (C=O) groups is 2. The number of thiophene rings is 1. The number of carboxylic acid groups (broad SMARTS) is 1.